The van der Waals surface area contributed by atoms with Gasteiger partial charge in [0, 0.05) is 4.47 Å². The van der Waals surface area contributed by atoms with Crippen LogP contribution in [-0.2, 0) is 0 Å². The number of nitrogens with one attached hydrogen (secondary N) is 1. The largest absolute Gasteiger partial charge is 0.300 e. The van der Waals surface area contributed by atoms with E-state index in [0.29, 0.717) is 0 Å². The molecular weight excluding hydrogens is 262 g/mol. The van der Waals surface area contributed by atoms with Crippen molar-refractivity contribution < 1.29 is 0 Å². The molecule has 1 rings (SSSR count). The minimum Gasteiger partial charge on any atom is -0.300 e. The monoisotopic (exact) mass is 279 g/mol. The van der Waals surface area contributed by atoms with Crippen LogP contribution in [0, 0.1) is 26.2 Å². The van der Waals surface area contributed by atoms with E-state index in [1.165, 1.54) is 21.2 Å². The van der Waals surface area contributed by atoms with Gasteiger partial charge in [0.1, 0.15) is 0 Å². The third-order valence-corrected chi connectivity index (χ3v) is 3.81. The summed E-state index contributed by atoms with van der Waals surface area (Å²) in [6, 6.07) is 4.31. The van der Waals surface area contributed by atoms with Crippen LogP contribution in [0.15, 0.2) is 16.6 Å². The highest BCUT2D eigenvalue weighted by Crippen LogP contribution is 2.25. The number of halogens is 1. The number of aryl methyl sites for hydroxylation is 2. The predicted molar refractivity (Wildman–Crippen MR) is 73.5 cm³/mol. The molecule has 0 aliphatic carbocycles. The molecule has 0 radical (unpaired) electrons. The van der Waals surface area contributed by atoms with E-state index >= 15 is 0 Å². The van der Waals surface area contributed by atoms with Gasteiger partial charge in [-0.05, 0) is 43.5 Å². The maximum Gasteiger partial charge on any atom is 0.0943 e. The lowest BCUT2D eigenvalue weighted by atomic mass is 10.0. The average Bonchev–Trinajstić information content (AvgIpc) is 2.26. The van der Waals surface area contributed by atoms with E-state index in [-0.39, 0.29) is 6.04 Å². The summed E-state index contributed by atoms with van der Waals surface area (Å²) in [4.78, 5) is 0. The van der Waals surface area contributed by atoms with Crippen molar-refractivity contribution in [2.75, 3.05) is 6.54 Å². The van der Waals surface area contributed by atoms with Crippen molar-refractivity contribution in [3.63, 3.8) is 0 Å². The molecule has 16 heavy (non-hydrogen) atoms. The Bertz CT molecular complexity index is 381. The van der Waals surface area contributed by atoms with E-state index in [0.717, 1.165) is 13.0 Å². The number of hydrogen-bond acceptors (Lipinski definition) is 1. The topological polar surface area (TPSA) is 12.0 Å². The van der Waals surface area contributed by atoms with Crippen molar-refractivity contribution in [3.05, 3.63) is 33.3 Å². The second-order valence-electron chi connectivity index (χ2n) is 4.02. The van der Waals surface area contributed by atoms with Crippen LogP contribution < -0.4 is 5.32 Å². The summed E-state index contributed by atoms with van der Waals surface area (Å²) in [5, 5.41) is 3.36. The number of rotatable bonds is 4. The Kier molecular flexibility index (Phi) is 5.05. The molecule has 0 saturated heterocycles. The summed E-state index contributed by atoms with van der Waals surface area (Å²) >= 11 is 3.56. The number of hydrogen-bond donors (Lipinski definition) is 1. The molecule has 1 aromatic carbocycles. The first-order valence-corrected chi connectivity index (χ1v) is 6.35. The average molecular weight is 280 g/mol. The highest BCUT2D eigenvalue weighted by atomic mass is 79.9. The Morgan fingerprint density at radius 3 is 2.38 bits per heavy atom. The molecular formula is C14H18BrN. The van der Waals surface area contributed by atoms with Gasteiger partial charge in [0.05, 0.1) is 6.04 Å². The standard InChI is InChI=1S/C14H18BrN/c1-5-7-16-13(6-2)12-8-10(3)14(15)11(4)9-12/h2,8-9,13,16H,5,7H2,1,3-4H3. The Balaban J connectivity index is 2.98. The van der Waals surface area contributed by atoms with Gasteiger partial charge in [0.2, 0.25) is 0 Å². The first kappa shape index (κ1) is 13.3. The van der Waals surface area contributed by atoms with Crippen LogP contribution in [0.2, 0.25) is 0 Å². The molecule has 1 unspecified atom stereocenters. The minimum atomic E-state index is 0.0189. The lowest BCUT2D eigenvalue weighted by Crippen LogP contribution is -2.20. The zero-order valence-electron chi connectivity index (χ0n) is 10.1. The first-order valence-electron chi connectivity index (χ1n) is 5.56. The van der Waals surface area contributed by atoms with E-state index in [9.17, 15) is 0 Å². The van der Waals surface area contributed by atoms with Gasteiger partial charge < -0.3 is 5.32 Å². The maximum atomic E-state index is 5.56. The fraction of sp³-hybridized carbons (Fsp3) is 0.429. The molecule has 0 heterocycles. The molecule has 1 aromatic rings. The molecule has 0 spiro atoms. The number of benzene rings is 1. The summed E-state index contributed by atoms with van der Waals surface area (Å²) in [7, 11) is 0. The van der Waals surface area contributed by atoms with Gasteiger partial charge in [0.25, 0.3) is 0 Å². The van der Waals surface area contributed by atoms with Gasteiger partial charge in [-0.25, -0.2) is 0 Å². The van der Waals surface area contributed by atoms with Crippen molar-refractivity contribution in [1.82, 2.24) is 5.32 Å². The summed E-state index contributed by atoms with van der Waals surface area (Å²) in [5.41, 5.74) is 3.64. The molecule has 86 valence electrons. The van der Waals surface area contributed by atoms with E-state index in [4.69, 9.17) is 6.42 Å². The lowest BCUT2D eigenvalue weighted by Gasteiger charge is -2.15. The summed E-state index contributed by atoms with van der Waals surface area (Å²) in [6.07, 6.45) is 6.65. The minimum absolute atomic E-state index is 0.0189. The second kappa shape index (κ2) is 6.08. The van der Waals surface area contributed by atoms with Crippen molar-refractivity contribution in [2.45, 2.75) is 33.2 Å². The Morgan fingerprint density at radius 1 is 1.38 bits per heavy atom. The zero-order chi connectivity index (χ0) is 12.1. The Morgan fingerprint density at radius 2 is 1.94 bits per heavy atom. The van der Waals surface area contributed by atoms with E-state index in [1.807, 2.05) is 0 Å². The molecule has 0 amide bonds. The highest BCUT2D eigenvalue weighted by Gasteiger charge is 2.10. The van der Waals surface area contributed by atoms with Gasteiger partial charge in [0.15, 0.2) is 0 Å². The van der Waals surface area contributed by atoms with Crippen molar-refractivity contribution in [3.8, 4) is 12.3 Å². The van der Waals surface area contributed by atoms with Gasteiger partial charge >= 0.3 is 0 Å². The molecule has 0 aliphatic heterocycles. The van der Waals surface area contributed by atoms with Crippen LogP contribution in [0.25, 0.3) is 0 Å². The zero-order valence-corrected chi connectivity index (χ0v) is 11.7. The van der Waals surface area contributed by atoms with Crippen LogP contribution in [0.1, 0.15) is 36.1 Å². The van der Waals surface area contributed by atoms with Crippen LogP contribution in [0.5, 0.6) is 0 Å². The summed E-state index contributed by atoms with van der Waals surface area (Å²) in [5.74, 6) is 2.80. The van der Waals surface area contributed by atoms with E-state index in [2.05, 4.69) is 60.1 Å². The second-order valence-corrected chi connectivity index (χ2v) is 4.82. The quantitative estimate of drug-likeness (QED) is 0.828. The molecule has 0 bridgehead atoms. The van der Waals surface area contributed by atoms with Crippen LogP contribution >= 0.6 is 15.9 Å². The SMILES string of the molecule is C#CC(NCCC)c1cc(C)c(Br)c(C)c1. The van der Waals surface area contributed by atoms with Crippen molar-refractivity contribution >= 4 is 15.9 Å². The van der Waals surface area contributed by atoms with Crippen molar-refractivity contribution in [2.24, 2.45) is 0 Å². The van der Waals surface area contributed by atoms with Gasteiger partial charge in [-0.3, -0.25) is 0 Å². The molecule has 0 aromatic heterocycles. The number of terminal acetylenes is 1. The maximum absolute atomic E-state index is 5.56. The van der Waals surface area contributed by atoms with Crippen LogP contribution in [0.4, 0.5) is 0 Å². The lowest BCUT2D eigenvalue weighted by molar-refractivity contribution is 0.626. The van der Waals surface area contributed by atoms with Gasteiger partial charge in [-0.15, -0.1) is 6.42 Å². The molecule has 2 heteroatoms. The third kappa shape index (κ3) is 3.10. The molecule has 1 nitrogen and oxygen atoms in total. The van der Waals surface area contributed by atoms with Crippen molar-refractivity contribution in [1.29, 1.82) is 0 Å². The molecule has 1 atom stereocenters. The normalized spacial score (nSPS) is 12.2. The van der Waals surface area contributed by atoms with Crippen LogP contribution in [-0.4, -0.2) is 6.54 Å². The fourth-order valence-electron chi connectivity index (χ4n) is 1.71. The fourth-order valence-corrected chi connectivity index (χ4v) is 1.94. The highest BCUT2D eigenvalue weighted by molar-refractivity contribution is 9.10. The summed E-state index contributed by atoms with van der Waals surface area (Å²) in [6.45, 7) is 7.27. The van der Waals surface area contributed by atoms with Crippen LogP contribution in [0.3, 0.4) is 0 Å². The Hall–Kier alpha value is -0.780. The molecule has 0 saturated carbocycles. The molecule has 1 N–H and O–H groups in total. The first-order chi connectivity index (χ1) is 7.60. The van der Waals surface area contributed by atoms with Gasteiger partial charge in [-0.2, -0.15) is 0 Å². The third-order valence-electron chi connectivity index (χ3n) is 2.56. The Labute approximate surface area is 107 Å². The molecule has 0 aliphatic rings. The molecule has 0 fully saturated rings. The summed E-state index contributed by atoms with van der Waals surface area (Å²) < 4.78 is 1.17. The smallest absolute Gasteiger partial charge is 0.0943 e. The van der Waals surface area contributed by atoms with E-state index in [1.54, 1.807) is 0 Å². The van der Waals surface area contributed by atoms with Gasteiger partial charge in [-0.1, -0.05) is 40.9 Å². The predicted octanol–water partition coefficient (Wildman–Crippen LogP) is 3.74. The van der Waals surface area contributed by atoms with E-state index < -0.39 is 0 Å².